The van der Waals surface area contributed by atoms with Crippen molar-refractivity contribution in [1.82, 2.24) is 9.97 Å². The summed E-state index contributed by atoms with van der Waals surface area (Å²) in [7, 11) is 0. The highest BCUT2D eigenvalue weighted by Gasteiger charge is 2.19. The molecule has 1 fully saturated rings. The van der Waals surface area contributed by atoms with Gasteiger partial charge in [-0.3, -0.25) is 0 Å². The fraction of sp³-hybridized carbons (Fsp3) is 0.765. The lowest BCUT2D eigenvalue weighted by Gasteiger charge is -2.17. The Bertz CT molecular complexity index is 407. The molecule has 0 spiro atoms. The lowest BCUT2D eigenvalue weighted by Crippen LogP contribution is -2.11. The number of hydrogen-bond donors (Lipinski definition) is 1. The Balaban J connectivity index is 2.22. The van der Waals surface area contributed by atoms with Crippen molar-refractivity contribution >= 4 is 5.82 Å². The second-order valence-electron chi connectivity index (χ2n) is 6.31. The summed E-state index contributed by atoms with van der Waals surface area (Å²) < 4.78 is 0. The van der Waals surface area contributed by atoms with E-state index in [0.29, 0.717) is 11.8 Å². The van der Waals surface area contributed by atoms with Crippen LogP contribution in [0.1, 0.15) is 89.1 Å². The van der Waals surface area contributed by atoms with E-state index in [1.165, 1.54) is 44.2 Å². The molecule has 0 bridgehead atoms. The van der Waals surface area contributed by atoms with E-state index < -0.39 is 0 Å². The summed E-state index contributed by atoms with van der Waals surface area (Å²) >= 11 is 0. The van der Waals surface area contributed by atoms with Crippen molar-refractivity contribution in [2.45, 2.75) is 77.6 Å². The number of rotatable bonds is 5. The molecule has 0 radical (unpaired) electrons. The first-order valence-corrected chi connectivity index (χ1v) is 8.33. The molecule has 0 unspecified atom stereocenters. The van der Waals surface area contributed by atoms with Crippen molar-refractivity contribution < 1.29 is 0 Å². The van der Waals surface area contributed by atoms with Crippen LogP contribution in [-0.4, -0.2) is 16.5 Å². The molecule has 0 amide bonds. The minimum Gasteiger partial charge on any atom is -0.370 e. The summed E-state index contributed by atoms with van der Waals surface area (Å²) in [5, 5.41) is 3.43. The molecule has 0 saturated heterocycles. The fourth-order valence-electron chi connectivity index (χ4n) is 2.84. The van der Waals surface area contributed by atoms with Gasteiger partial charge in [0.1, 0.15) is 11.6 Å². The van der Waals surface area contributed by atoms with E-state index in [1.54, 1.807) is 0 Å². The Morgan fingerprint density at radius 1 is 1.15 bits per heavy atom. The summed E-state index contributed by atoms with van der Waals surface area (Å²) in [6.45, 7) is 7.59. The van der Waals surface area contributed by atoms with E-state index in [1.807, 2.05) is 0 Å². The van der Waals surface area contributed by atoms with E-state index in [-0.39, 0.29) is 0 Å². The van der Waals surface area contributed by atoms with Gasteiger partial charge in [0.15, 0.2) is 0 Å². The zero-order valence-electron chi connectivity index (χ0n) is 13.3. The zero-order chi connectivity index (χ0) is 14.4. The quantitative estimate of drug-likeness (QED) is 0.780. The molecule has 0 atom stereocenters. The Labute approximate surface area is 123 Å². The topological polar surface area (TPSA) is 37.8 Å². The van der Waals surface area contributed by atoms with Gasteiger partial charge in [-0.15, -0.1) is 0 Å². The SMILES string of the molecule is CCCNc1cc(C(C)C)nc(C2CCCCCC2)n1. The second-order valence-corrected chi connectivity index (χ2v) is 6.31. The first kappa shape index (κ1) is 15.3. The highest BCUT2D eigenvalue weighted by molar-refractivity contribution is 5.37. The molecule has 0 aromatic carbocycles. The monoisotopic (exact) mass is 275 g/mol. The maximum Gasteiger partial charge on any atom is 0.134 e. The molecule has 1 saturated carbocycles. The van der Waals surface area contributed by atoms with Crippen molar-refractivity contribution in [2.75, 3.05) is 11.9 Å². The minimum absolute atomic E-state index is 0.463. The molecule has 1 heterocycles. The highest BCUT2D eigenvalue weighted by atomic mass is 15.0. The van der Waals surface area contributed by atoms with Crippen LogP contribution in [0.3, 0.4) is 0 Å². The van der Waals surface area contributed by atoms with Crippen molar-refractivity contribution in [1.29, 1.82) is 0 Å². The van der Waals surface area contributed by atoms with Crippen LogP contribution in [0.25, 0.3) is 0 Å². The van der Waals surface area contributed by atoms with E-state index in [4.69, 9.17) is 9.97 Å². The fourth-order valence-corrected chi connectivity index (χ4v) is 2.84. The Kier molecular flexibility index (Phi) is 5.81. The number of aromatic nitrogens is 2. The molecule has 1 aliphatic carbocycles. The number of hydrogen-bond acceptors (Lipinski definition) is 3. The Morgan fingerprint density at radius 2 is 1.85 bits per heavy atom. The molecule has 1 aromatic rings. The predicted molar refractivity (Wildman–Crippen MR) is 85.3 cm³/mol. The lowest BCUT2D eigenvalue weighted by molar-refractivity contribution is 0.555. The van der Waals surface area contributed by atoms with Crippen molar-refractivity contribution in [2.24, 2.45) is 0 Å². The summed E-state index contributed by atoms with van der Waals surface area (Å²) in [6.07, 6.45) is 9.06. The van der Waals surface area contributed by atoms with Gasteiger partial charge in [0.25, 0.3) is 0 Å². The van der Waals surface area contributed by atoms with Gasteiger partial charge in [-0.1, -0.05) is 46.5 Å². The average Bonchev–Trinajstić information content (AvgIpc) is 2.73. The molecule has 2 rings (SSSR count). The number of anilines is 1. The van der Waals surface area contributed by atoms with E-state index in [9.17, 15) is 0 Å². The molecule has 112 valence electrons. The van der Waals surface area contributed by atoms with Gasteiger partial charge in [-0.05, 0) is 25.2 Å². The van der Waals surface area contributed by atoms with Gasteiger partial charge >= 0.3 is 0 Å². The van der Waals surface area contributed by atoms with E-state index in [2.05, 4.69) is 32.2 Å². The number of nitrogens with zero attached hydrogens (tertiary/aromatic N) is 2. The smallest absolute Gasteiger partial charge is 0.134 e. The third kappa shape index (κ3) is 4.19. The van der Waals surface area contributed by atoms with Gasteiger partial charge in [0.05, 0.1) is 0 Å². The van der Waals surface area contributed by atoms with E-state index >= 15 is 0 Å². The number of nitrogens with one attached hydrogen (secondary N) is 1. The molecular formula is C17H29N3. The van der Waals surface area contributed by atoms with Crippen molar-refractivity contribution in [3.05, 3.63) is 17.6 Å². The van der Waals surface area contributed by atoms with Crippen LogP contribution >= 0.6 is 0 Å². The van der Waals surface area contributed by atoms with Crippen molar-refractivity contribution in [3.8, 4) is 0 Å². The average molecular weight is 275 g/mol. The summed E-state index contributed by atoms with van der Waals surface area (Å²) in [5.41, 5.74) is 1.18. The molecule has 1 aliphatic rings. The lowest BCUT2D eigenvalue weighted by atomic mass is 9.99. The summed E-state index contributed by atoms with van der Waals surface area (Å²) in [4.78, 5) is 9.65. The molecule has 20 heavy (non-hydrogen) atoms. The molecule has 1 N–H and O–H groups in total. The standard InChI is InChI=1S/C17H29N3/c1-4-11-18-16-12-15(13(2)3)19-17(20-16)14-9-7-5-6-8-10-14/h12-14H,4-11H2,1-3H3,(H,18,19,20). The van der Waals surface area contributed by atoms with Crippen LogP contribution in [0.5, 0.6) is 0 Å². The summed E-state index contributed by atoms with van der Waals surface area (Å²) in [5.74, 6) is 3.13. The minimum atomic E-state index is 0.463. The van der Waals surface area contributed by atoms with Gasteiger partial charge < -0.3 is 5.32 Å². The summed E-state index contributed by atoms with van der Waals surface area (Å²) in [6, 6.07) is 2.13. The zero-order valence-corrected chi connectivity index (χ0v) is 13.3. The molecule has 3 heteroatoms. The maximum absolute atomic E-state index is 4.86. The molecule has 3 nitrogen and oxygen atoms in total. The normalized spacial score (nSPS) is 17.2. The Morgan fingerprint density at radius 3 is 2.45 bits per heavy atom. The largest absolute Gasteiger partial charge is 0.370 e. The molecule has 1 aromatic heterocycles. The van der Waals surface area contributed by atoms with Crippen LogP contribution in [0.4, 0.5) is 5.82 Å². The van der Waals surface area contributed by atoms with Crippen LogP contribution in [0.2, 0.25) is 0 Å². The van der Waals surface area contributed by atoms with Gasteiger partial charge in [0, 0.05) is 24.2 Å². The highest BCUT2D eigenvalue weighted by Crippen LogP contribution is 2.31. The second kappa shape index (κ2) is 7.61. The first-order valence-electron chi connectivity index (χ1n) is 8.33. The Hall–Kier alpha value is -1.12. The van der Waals surface area contributed by atoms with Gasteiger partial charge in [-0.25, -0.2) is 9.97 Å². The third-order valence-corrected chi connectivity index (χ3v) is 4.13. The van der Waals surface area contributed by atoms with Crippen LogP contribution in [-0.2, 0) is 0 Å². The van der Waals surface area contributed by atoms with Crippen LogP contribution < -0.4 is 5.32 Å². The van der Waals surface area contributed by atoms with Crippen molar-refractivity contribution in [3.63, 3.8) is 0 Å². The van der Waals surface area contributed by atoms with Gasteiger partial charge in [-0.2, -0.15) is 0 Å². The third-order valence-electron chi connectivity index (χ3n) is 4.13. The predicted octanol–water partition coefficient (Wildman–Crippen LogP) is 4.86. The van der Waals surface area contributed by atoms with Crippen LogP contribution in [0.15, 0.2) is 6.07 Å². The van der Waals surface area contributed by atoms with E-state index in [0.717, 1.165) is 24.6 Å². The molecular weight excluding hydrogens is 246 g/mol. The first-order chi connectivity index (χ1) is 9.70. The molecule has 0 aliphatic heterocycles. The van der Waals surface area contributed by atoms with Gasteiger partial charge in [0.2, 0.25) is 0 Å². The maximum atomic E-state index is 4.86. The van der Waals surface area contributed by atoms with Crippen LogP contribution in [0, 0.1) is 0 Å².